The Bertz CT molecular complexity index is 1330. The summed E-state index contributed by atoms with van der Waals surface area (Å²) in [6.07, 6.45) is -4.86. The van der Waals surface area contributed by atoms with E-state index in [1.807, 2.05) is 0 Å². The summed E-state index contributed by atoms with van der Waals surface area (Å²) < 4.78 is 68.3. The highest BCUT2D eigenvalue weighted by Gasteiger charge is 2.31. The van der Waals surface area contributed by atoms with Crippen molar-refractivity contribution in [2.75, 3.05) is 10.6 Å². The predicted molar refractivity (Wildman–Crippen MR) is 124 cm³/mol. The third kappa shape index (κ3) is 7.72. The van der Waals surface area contributed by atoms with Crippen LogP contribution in [-0.4, -0.2) is 26.6 Å². The van der Waals surface area contributed by atoms with Crippen LogP contribution in [-0.2, 0) is 16.6 Å². The van der Waals surface area contributed by atoms with Crippen LogP contribution in [0.3, 0.4) is 0 Å². The third-order valence-corrected chi connectivity index (χ3v) is 5.87. The lowest BCUT2D eigenvalue weighted by Crippen LogP contribution is -2.23. The van der Waals surface area contributed by atoms with Crippen LogP contribution >= 0.6 is 0 Å². The van der Waals surface area contributed by atoms with Gasteiger partial charge in [-0.05, 0) is 54.1 Å². The summed E-state index contributed by atoms with van der Waals surface area (Å²) in [5, 5.41) is 12.6. The zero-order chi connectivity index (χ0) is 25.6. The summed E-state index contributed by atoms with van der Waals surface area (Å²) in [4.78, 5) is 12.1. The van der Waals surface area contributed by atoms with Crippen molar-refractivity contribution in [1.29, 1.82) is 5.41 Å². The summed E-state index contributed by atoms with van der Waals surface area (Å²) in [5.41, 5.74) is 6.83. The fourth-order valence-electron chi connectivity index (χ4n) is 2.89. The molecule has 9 nitrogen and oxygen atoms in total. The van der Waals surface area contributed by atoms with Crippen molar-refractivity contribution >= 4 is 33.3 Å². The smallest absolute Gasteiger partial charge is 0.406 e. The molecule has 0 saturated heterocycles. The number of rotatable bonds is 8. The number of nitrogen functional groups attached to an aromatic ring is 1. The Balaban J connectivity index is 1.59. The third-order valence-electron chi connectivity index (χ3n) is 4.45. The van der Waals surface area contributed by atoms with Gasteiger partial charge >= 0.3 is 12.4 Å². The second-order valence-corrected chi connectivity index (χ2v) is 8.88. The average Bonchev–Trinajstić information content (AvgIpc) is 2.77. The van der Waals surface area contributed by atoms with Gasteiger partial charge in [0.1, 0.15) is 11.6 Å². The van der Waals surface area contributed by atoms with Crippen molar-refractivity contribution in [3.8, 4) is 5.75 Å². The zero-order valence-electron chi connectivity index (χ0n) is 17.9. The van der Waals surface area contributed by atoms with Gasteiger partial charge in [-0.25, -0.2) is 17.9 Å². The van der Waals surface area contributed by atoms with Gasteiger partial charge in [0.25, 0.3) is 0 Å². The monoisotopic (exact) mass is 507 g/mol. The predicted octanol–water partition coefficient (Wildman–Crippen LogP) is 3.99. The van der Waals surface area contributed by atoms with E-state index in [2.05, 4.69) is 20.1 Å². The Morgan fingerprint density at radius 2 is 1.60 bits per heavy atom. The zero-order valence-corrected chi connectivity index (χ0v) is 18.7. The standard InChI is InChI=1S/C22H20F3N5O4S/c23-22(24,25)34-18-6-1-3-14(11-18)13-28-35(32,33)19-9-7-16(8-10-19)29-21(31)30-17-5-2-4-15(12-17)20(26)27/h1-12,28H,13H2,(H3,26,27)(H2,29,30,31). The number of hydrogen-bond acceptors (Lipinski definition) is 5. The molecule has 0 spiro atoms. The maximum absolute atomic E-state index is 12.5. The Morgan fingerprint density at radius 3 is 2.26 bits per heavy atom. The molecule has 0 aliphatic carbocycles. The molecule has 0 bridgehead atoms. The minimum Gasteiger partial charge on any atom is -0.406 e. The van der Waals surface area contributed by atoms with Gasteiger partial charge in [0, 0.05) is 23.5 Å². The largest absolute Gasteiger partial charge is 0.573 e. The van der Waals surface area contributed by atoms with Gasteiger partial charge in [0.05, 0.1) is 4.90 Å². The minimum absolute atomic E-state index is 0.111. The van der Waals surface area contributed by atoms with Gasteiger partial charge in [-0.15, -0.1) is 13.2 Å². The van der Waals surface area contributed by atoms with E-state index in [0.717, 1.165) is 12.1 Å². The van der Waals surface area contributed by atoms with Gasteiger partial charge in [0.2, 0.25) is 10.0 Å². The molecule has 0 aromatic heterocycles. The van der Waals surface area contributed by atoms with Crippen molar-refractivity contribution in [2.45, 2.75) is 17.8 Å². The fraction of sp³-hybridized carbons (Fsp3) is 0.0909. The van der Waals surface area contributed by atoms with Gasteiger partial charge in [-0.1, -0.05) is 24.3 Å². The number of alkyl halides is 3. The molecule has 184 valence electrons. The van der Waals surface area contributed by atoms with Gasteiger partial charge < -0.3 is 21.1 Å². The summed E-state index contributed by atoms with van der Waals surface area (Å²) in [6.45, 7) is -0.265. The number of halogens is 3. The summed E-state index contributed by atoms with van der Waals surface area (Å²) in [5.74, 6) is -0.613. The van der Waals surface area contributed by atoms with E-state index in [4.69, 9.17) is 11.1 Å². The first-order valence-electron chi connectivity index (χ1n) is 9.88. The van der Waals surface area contributed by atoms with Crippen LogP contribution in [0.25, 0.3) is 0 Å². The molecule has 0 aliphatic heterocycles. The number of carbonyl (C=O) groups is 1. The van der Waals surface area contributed by atoms with Crippen molar-refractivity contribution in [2.24, 2.45) is 5.73 Å². The summed E-state index contributed by atoms with van der Waals surface area (Å²) in [6, 6.07) is 16.0. The summed E-state index contributed by atoms with van der Waals surface area (Å²) >= 11 is 0. The van der Waals surface area contributed by atoms with E-state index in [9.17, 15) is 26.4 Å². The quantitative estimate of drug-likeness (QED) is 0.231. The van der Waals surface area contributed by atoms with Crippen molar-refractivity contribution in [1.82, 2.24) is 4.72 Å². The number of ether oxygens (including phenoxy) is 1. The highest BCUT2D eigenvalue weighted by atomic mass is 32.2. The van der Waals surface area contributed by atoms with E-state index in [1.54, 1.807) is 18.2 Å². The van der Waals surface area contributed by atoms with E-state index >= 15 is 0 Å². The van der Waals surface area contributed by atoms with Crippen molar-refractivity contribution in [3.63, 3.8) is 0 Å². The Labute approximate surface area is 198 Å². The normalized spacial score (nSPS) is 11.5. The molecule has 0 radical (unpaired) electrons. The topological polar surface area (TPSA) is 146 Å². The van der Waals surface area contributed by atoms with E-state index in [1.165, 1.54) is 42.5 Å². The maximum atomic E-state index is 12.5. The maximum Gasteiger partial charge on any atom is 0.573 e. The molecule has 13 heteroatoms. The van der Waals surface area contributed by atoms with E-state index in [-0.39, 0.29) is 22.8 Å². The molecule has 0 atom stereocenters. The van der Waals surface area contributed by atoms with Crippen LogP contribution in [0, 0.1) is 5.41 Å². The number of sulfonamides is 1. The number of benzene rings is 3. The Hall–Kier alpha value is -4.10. The number of nitrogens with one attached hydrogen (secondary N) is 4. The molecule has 2 amide bonds. The number of amides is 2. The number of carbonyl (C=O) groups excluding carboxylic acids is 1. The molecule has 3 aromatic carbocycles. The second kappa shape index (κ2) is 10.4. The number of amidine groups is 1. The Morgan fingerprint density at radius 1 is 0.943 bits per heavy atom. The number of anilines is 2. The number of urea groups is 1. The van der Waals surface area contributed by atoms with Crippen LogP contribution in [0.15, 0.2) is 77.7 Å². The lowest BCUT2D eigenvalue weighted by atomic mass is 10.2. The van der Waals surface area contributed by atoms with E-state index < -0.39 is 28.2 Å². The molecular formula is C22H20F3N5O4S. The van der Waals surface area contributed by atoms with Crippen LogP contribution in [0.2, 0.25) is 0 Å². The first-order valence-corrected chi connectivity index (χ1v) is 11.4. The molecule has 3 rings (SSSR count). The van der Waals surface area contributed by atoms with Crippen LogP contribution < -0.4 is 25.8 Å². The van der Waals surface area contributed by atoms with Crippen LogP contribution in [0.1, 0.15) is 11.1 Å². The molecule has 0 saturated carbocycles. The lowest BCUT2D eigenvalue weighted by Gasteiger charge is -2.11. The van der Waals surface area contributed by atoms with E-state index in [0.29, 0.717) is 16.9 Å². The molecule has 0 fully saturated rings. The molecule has 0 heterocycles. The molecule has 3 aromatic rings. The molecule has 0 unspecified atom stereocenters. The molecular weight excluding hydrogens is 487 g/mol. The molecule has 6 N–H and O–H groups in total. The highest BCUT2D eigenvalue weighted by molar-refractivity contribution is 7.89. The average molecular weight is 507 g/mol. The summed E-state index contributed by atoms with van der Waals surface area (Å²) in [7, 11) is -3.99. The fourth-order valence-corrected chi connectivity index (χ4v) is 3.91. The highest BCUT2D eigenvalue weighted by Crippen LogP contribution is 2.23. The molecule has 0 aliphatic rings. The van der Waals surface area contributed by atoms with Crippen molar-refractivity contribution < 1.29 is 31.1 Å². The number of nitrogens with two attached hydrogens (primary N) is 1. The first kappa shape index (κ1) is 25.5. The van der Waals surface area contributed by atoms with Gasteiger partial charge in [-0.2, -0.15) is 0 Å². The van der Waals surface area contributed by atoms with Gasteiger partial charge in [-0.3, -0.25) is 5.41 Å². The minimum atomic E-state index is -4.86. The molecule has 35 heavy (non-hydrogen) atoms. The second-order valence-electron chi connectivity index (χ2n) is 7.12. The van der Waals surface area contributed by atoms with Gasteiger partial charge in [0.15, 0.2) is 0 Å². The SMILES string of the molecule is N=C(N)c1cccc(NC(=O)Nc2ccc(S(=O)(=O)NCc3cccc(OC(F)(F)F)c3)cc2)c1. The first-order chi connectivity index (χ1) is 16.4. The van der Waals surface area contributed by atoms with Crippen molar-refractivity contribution in [3.05, 3.63) is 83.9 Å². The number of hydrogen-bond donors (Lipinski definition) is 5. The van der Waals surface area contributed by atoms with Crippen LogP contribution in [0.5, 0.6) is 5.75 Å². The lowest BCUT2D eigenvalue weighted by molar-refractivity contribution is -0.274. The van der Waals surface area contributed by atoms with Crippen LogP contribution in [0.4, 0.5) is 29.3 Å². The Kier molecular flexibility index (Phi) is 7.62.